The van der Waals surface area contributed by atoms with Gasteiger partial charge in [0.05, 0.1) is 6.29 Å². The standard InChI is InChI=1S/CH6NO3P.2Na/c2-1-6(3,4)5;;/h1-2H2,(H2,3,4,5);;. The van der Waals surface area contributed by atoms with Crippen LogP contribution < -0.4 is 5.73 Å². The van der Waals surface area contributed by atoms with Gasteiger partial charge in [0.25, 0.3) is 0 Å². The first-order valence-corrected chi connectivity index (χ1v) is 3.10. The Morgan fingerprint density at radius 1 is 1.38 bits per heavy atom. The van der Waals surface area contributed by atoms with Crippen LogP contribution in [0, 0.1) is 0 Å². The summed E-state index contributed by atoms with van der Waals surface area (Å²) < 4.78 is 9.57. The molecule has 0 rings (SSSR count). The Morgan fingerprint density at radius 3 is 1.50 bits per heavy atom. The van der Waals surface area contributed by atoms with Gasteiger partial charge in [0, 0.05) is 59.1 Å². The van der Waals surface area contributed by atoms with Gasteiger partial charge in [0.1, 0.15) is 0 Å². The molecule has 4 nitrogen and oxygen atoms in total. The van der Waals surface area contributed by atoms with Crippen LogP contribution in [0.5, 0.6) is 0 Å². The topological polar surface area (TPSA) is 83.6 Å². The minimum absolute atomic E-state index is 0. The smallest absolute Gasteiger partial charge is 0.324 e. The average Bonchev–Trinajstić information content (AvgIpc) is 1.35. The fourth-order valence-corrected chi connectivity index (χ4v) is 0. The molecular formula is CH6NNa2O3P. The largest absolute Gasteiger partial charge is 0.338 e. The summed E-state index contributed by atoms with van der Waals surface area (Å²) in [5.74, 6) is 0. The van der Waals surface area contributed by atoms with Gasteiger partial charge >= 0.3 is 7.60 Å². The summed E-state index contributed by atoms with van der Waals surface area (Å²) >= 11 is 0. The van der Waals surface area contributed by atoms with Gasteiger partial charge in [-0.25, -0.2) is 0 Å². The van der Waals surface area contributed by atoms with Crippen LogP contribution in [0.25, 0.3) is 0 Å². The van der Waals surface area contributed by atoms with Gasteiger partial charge in [-0.2, -0.15) is 0 Å². The number of hydrogen-bond donors (Lipinski definition) is 3. The summed E-state index contributed by atoms with van der Waals surface area (Å²) in [4.78, 5) is 15.6. The fraction of sp³-hybridized carbons (Fsp3) is 1.00. The molecule has 0 unspecified atom stereocenters. The van der Waals surface area contributed by atoms with Gasteiger partial charge in [-0.3, -0.25) is 4.57 Å². The van der Waals surface area contributed by atoms with Crippen molar-refractivity contribution in [1.29, 1.82) is 0 Å². The van der Waals surface area contributed by atoms with Gasteiger partial charge in [-0.05, 0) is 0 Å². The first kappa shape index (κ1) is 16.6. The van der Waals surface area contributed by atoms with E-state index < -0.39 is 13.9 Å². The van der Waals surface area contributed by atoms with E-state index in [1.807, 2.05) is 0 Å². The summed E-state index contributed by atoms with van der Waals surface area (Å²) in [6.45, 7) is 0. The molecule has 0 atom stereocenters. The van der Waals surface area contributed by atoms with E-state index in [-0.39, 0.29) is 59.1 Å². The Kier molecular flexibility index (Phi) is 15.0. The van der Waals surface area contributed by atoms with Crippen LogP contribution in [0.2, 0.25) is 0 Å². The minimum atomic E-state index is -3.87. The summed E-state index contributed by atoms with van der Waals surface area (Å²) in [5.41, 5.74) is 4.54. The van der Waals surface area contributed by atoms with E-state index in [1.165, 1.54) is 0 Å². The second-order valence-corrected chi connectivity index (χ2v) is 2.54. The average molecular weight is 157 g/mol. The monoisotopic (exact) mass is 157 g/mol. The van der Waals surface area contributed by atoms with Crippen LogP contribution in [0.3, 0.4) is 0 Å². The zero-order chi connectivity index (χ0) is 5.21. The third kappa shape index (κ3) is 15.7. The van der Waals surface area contributed by atoms with Gasteiger partial charge in [0.2, 0.25) is 0 Å². The van der Waals surface area contributed by atoms with Gasteiger partial charge in [-0.15, -0.1) is 0 Å². The molecule has 0 aromatic heterocycles. The first-order chi connectivity index (χ1) is 2.56. The predicted molar refractivity (Wildman–Crippen MR) is 32.6 cm³/mol. The van der Waals surface area contributed by atoms with E-state index in [9.17, 15) is 4.57 Å². The van der Waals surface area contributed by atoms with Gasteiger partial charge in [0.15, 0.2) is 0 Å². The van der Waals surface area contributed by atoms with Crippen molar-refractivity contribution in [3.05, 3.63) is 0 Å². The molecule has 0 aromatic rings. The normalized spacial score (nSPS) is 8.88. The van der Waals surface area contributed by atoms with Crippen molar-refractivity contribution in [2.75, 3.05) is 6.29 Å². The Labute approximate surface area is 92.0 Å². The van der Waals surface area contributed by atoms with Crippen molar-refractivity contribution in [2.45, 2.75) is 0 Å². The Balaban J connectivity index is -0.000000125. The van der Waals surface area contributed by atoms with Crippen LogP contribution in [0.15, 0.2) is 0 Å². The summed E-state index contributed by atoms with van der Waals surface area (Å²) in [5, 5.41) is 0. The third-order valence-corrected chi connectivity index (χ3v) is 0.714. The van der Waals surface area contributed by atoms with E-state index in [0.29, 0.717) is 0 Å². The minimum Gasteiger partial charge on any atom is -0.324 e. The molecule has 4 N–H and O–H groups in total. The zero-order valence-corrected chi connectivity index (χ0v) is 9.93. The third-order valence-electron chi connectivity index (χ3n) is 0.238. The Hall–Kier alpha value is 2.11. The van der Waals surface area contributed by atoms with Crippen molar-refractivity contribution >= 4 is 66.7 Å². The number of hydrogen-bond acceptors (Lipinski definition) is 2. The maximum absolute atomic E-state index is 9.57. The molecule has 0 aromatic carbocycles. The molecule has 0 fully saturated rings. The summed E-state index contributed by atoms with van der Waals surface area (Å²) in [6, 6.07) is 0. The molecule has 0 aliphatic heterocycles. The molecule has 7 heteroatoms. The van der Waals surface area contributed by atoms with E-state index in [2.05, 4.69) is 5.73 Å². The van der Waals surface area contributed by atoms with Crippen molar-refractivity contribution in [3.8, 4) is 0 Å². The van der Waals surface area contributed by atoms with Crippen LogP contribution in [0.1, 0.15) is 0 Å². The van der Waals surface area contributed by atoms with Crippen molar-refractivity contribution < 1.29 is 14.4 Å². The number of nitrogens with two attached hydrogens (primary N) is 1. The van der Waals surface area contributed by atoms with E-state index in [0.717, 1.165) is 0 Å². The predicted octanol–water partition coefficient (Wildman–Crippen LogP) is -1.68. The second-order valence-electron chi connectivity index (χ2n) is 0.847. The molecule has 0 bridgehead atoms. The van der Waals surface area contributed by atoms with Gasteiger partial charge < -0.3 is 15.5 Å². The zero-order valence-electron chi connectivity index (χ0n) is 5.03. The van der Waals surface area contributed by atoms with Crippen molar-refractivity contribution in [1.82, 2.24) is 0 Å². The molecule has 0 aliphatic rings. The molecule has 0 amide bonds. The van der Waals surface area contributed by atoms with E-state index in [4.69, 9.17) is 9.79 Å². The van der Waals surface area contributed by atoms with Crippen LogP contribution >= 0.6 is 7.60 Å². The molecule has 0 heterocycles. The van der Waals surface area contributed by atoms with Crippen molar-refractivity contribution in [3.63, 3.8) is 0 Å². The first-order valence-electron chi connectivity index (χ1n) is 1.31. The molecule has 40 valence electrons. The summed E-state index contributed by atoms with van der Waals surface area (Å²) in [6.07, 6.45) is -0.562. The second kappa shape index (κ2) is 7.22. The Bertz CT molecular complexity index is 81.4. The SMILES string of the molecule is NCP(=O)(O)O.[Na].[Na]. The molecule has 0 saturated heterocycles. The molecule has 2 radical (unpaired) electrons. The maximum Gasteiger partial charge on any atom is 0.338 e. The molecule has 0 spiro atoms. The molecule has 0 saturated carbocycles. The maximum atomic E-state index is 9.57. The van der Waals surface area contributed by atoms with Crippen LogP contribution in [0.4, 0.5) is 0 Å². The summed E-state index contributed by atoms with van der Waals surface area (Å²) in [7, 11) is -3.87. The van der Waals surface area contributed by atoms with Crippen LogP contribution in [-0.2, 0) is 4.57 Å². The quantitative estimate of drug-likeness (QED) is 0.313. The van der Waals surface area contributed by atoms with E-state index >= 15 is 0 Å². The van der Waals surface area contributed by atoms with Crippen LogP contribution in [-0.4, -0.2) is 75.2 Å². The molecule has 8 heavy (non-hydrogen) atoms. The van der Waals surface area contributed by atoms with Gasteiger partial charge in [-0.1, -0.05) is 0 Å². The fourth-order valence-electron chi connectivity index (χ4n) is 0. The molecular weight excluding hydrogens is 151 g/mol. The van der Waals surface area contributed by atoms with Crippen molar-refractivity contribution in [2.24, 2.45) is 5.73 Å². The molecule has 0 aliphatic carbocycles. The number of rotatable bonds is 1. The van der Waals surface area contributed by atoms with E-state index in [1.54, 1.807) is 0 Å². The Morgan fingerprint density at radius 2 is 1.50 bits per heavy atom.